The largest absolute Gasteiger partial charge is 0.490 e. The zero-order valence-electron chi connectivity index (χ0n) is 10.1. The monoisotopic (exact) mass is 239 g/mol. The fourth-order valence-corrected chi connectivity index (χ4v) is 2.61. The van der Waals surface area contributed by atoms with E-state index in [2.05, 4.69) is 31.7 Å². The molecular formula is C13H18ClNO. The fraction of sp³-hybridized carbons (Fsp3) is 0.538. The average Bonchev–Trinajstić information content (AvgIpc) is 2.28. The third-order valence-electron chi connectivity index (χ3n) is 3.05. The van der Waals surface area contributed by atoms with Crippen LogP contribution in [0.3, 0.4) is 0 Å². The van der Waals surface area contributed by atoms with Crippen LogP contribution < -0.4 is 9.64 Å². The van der Waals surface area contributed by atoms with Crippen molar-refractivity contribution in [3.63, 3.8) is 0 Å². The van der Waals surface area contributed by atoms with Gasteiger partial charge in [0.15, 0.2) is 0 Å². The van der Waals surface area contributed by atoms with Gasteiger partial charge in [-0.1, -0.05) is 31.5 Å². The Morgan fingerprint density at radius 1 is 1.44 bits per heavy atom. The number of likely N-dealkylation sites (N-methyl/N-ethyl adjacent to an activating group) is 1. The Balaban J connectivity index is 2.52. The Bertz CT molecular complexity index is 390. The molecule has 0 fully saturated rings. The lowest BCUT2D eigenvalue weighted by Gasteiger charge is -2.32. The van der Waals surface area contributed by atoms with Crippen molar-refractivity contribution in [3.8, 4) is 5.75 Å². The van der Waals surface area contributed by atoms with Crippen LogP contribution in [0, 0.1) is 0 Å². The number of hydrogen-bond acceptors (Lipinski definition) is 2. The number of fused-ring (bicyclic) bond motifs is 1. The predicted octanol–water partition coefficient (Wildman–Crippen LogP) is 3.68. The minimum atomic E-state index is 0.443. The van der Waals surface area contributed by atoms with Crippen LogP contribution in [0.1, 0.15) is 32.3 Å². The van der Waals surface area contributed by atoms with Crippen molar-refractivity contribution in [3.05, 3.63) is 22.7 Å². The SMILES string of the molecule is CCN1CCOc2ccc(C(C)C)c(Cl)c21. The third-order valence-corrected chi connectivity index (χ3v) is 3.44. The van der Waals surface area contributed by atoms with Gasteiger partial charge in [0.25, 0.3) is 0 Å². The normalized spacial score (nSPS) is 14.9. The Morgan fingerprint density at radius 2 is 2.19 bits per heavy atom. The van der Waals surface area contributed by atoms with E-state index in [0.717, 1.165) is 36.2 Å². The first-order valence-electron chi connectivity index (χ1n) is 5.85. The fourth-order valence-electron chi connectivity index (χ4n) is 2.11. The minimum Gasteiger partial charge on any atom is -0.490 e. The highest BCUT2D eigenvalue weighted by Crippen LogP contribution is 2.42. The van der Waals surface area contributed by atoms with Crippen LogP contribution in [0.4, 0.5) is 5.69 Å². The molecule has 1 aromatic rings. The van der Waals surface area contributed by atoms with Crippen molar-refractivity contribution in [1.82, 2.24) is 0 Å². The molecule has 0 spiro atoms. The second kappa shape index (κ2) is 4.54. The van der Waals surface area contributed by atoms with Gasteiger partial charge >= 0.3 is 0 Å². The lowest BCUT2D eigenvalue weighted by molar-refractivity contribution is 0.308. The van der Waals surface area contributed by atoms with Crippen LogP contribution >= 0.6 is 11.6 Å². The second-order valence-corrected chi connectivity index (χ2v) is 4.78. The van der Waals surface area contributed by atoms with E-state index in [0.29, 0.717) is 5.92 Å². The van der Waals surface area contributed by atoms with E-state index in [1.165, 1.54) is 5.56 Å². The molecule has 3 heteroatoms. The first-order valence-corrected chi connectivity index (χ1v) is 6.23. The summed E-state index contributed by atoms with van der Waals surface area (Å²) in [6.45, 7) is 9.11. The number of benzene rings is 1. The molecule has 0 aliphatic carbocycles. The van der Waals surface area contributed by atoms with E-state index in [1.54, 1.807) is 0 Å². The number of anilines is 1. The Labute approximate surface area is 102 Å². The first kappa shape index (κ1) is 11.6. The van der Waals surface area contributed by atoms with Gasteiger partial charge in [-0.3, -0.25) is 0 Å². The molecule has 0 atom stereocenters. The van der Waals surface area contributed by atoms with Gasteiger partial charge in [-0.25, -0.2) is 0 Å². The summed E-state index contributed by atoms with van der Waals surface area (Å²) in [6, 6.07) is 4.11. The van der Waals surface area contributed by atoms with Gasteiger partial charge in [0, 0.05) is 6.54 Å². The molecule has 2 nitrogen and oxygen atoms in total. The minimum absolute atomic E-state index is 0.443. The standard InChI is InChI=1S/C13H18ClNO/c1-4-15-7-8-16-11-6-5-10(9(2)3)12(14)13(11)15/h5-6,9H,4,7-8H2,1-3H3. The third kappa shape index (κ3) is 1.86. The van der Waals surface area contributed by atoms with Gasteiger partial charge in [-0.15, -0.1) is 0 Å². The highest BCUT2D eigenvalue weighted by atomic mass is 35.5. The summed E-state index contributed by atoms with van der Waals surface area (Å²) < 4.78 is 5.64. The van der Waals surface area contributed by atoms with Crippen LogP contribution in [-0.4, -0.2) is 19.7 Å². The topological polar surface area (TPSA) is 12.5 Å². The molecule has 16 heavy (non-hydrogen) atoms. The van der Waals surface area contributed by atoms with Gasteiger partial charge < -0.3 is 9.64 Å². The van der Waals surface area contributed by atoms with Gasteiger partial charge in [0.1, 0.15) is 12.4 Å². The average molecular weight is 240 g/mol. The highest BCUT2D eigenvalue weighted by Gasteiger charge is 2.22. The summed E-state index contributed by atoms with van der Waals surface area (Å²) in [7, 11) is 0. The highest BCUT2D eigenvalue weighted by molar-refractivity contribution is 6.34. The van der Waals surface area contributed by atoms with Crippen LogP contribution in [0.5, 0.6) is 5.75 Å². The van der Waals surface area contributed by atoms with Crippen molar-refractivity contribution in [2.75, 3.05) is 24.6 Å². The van der Waals surface area contributed by atoms with Gasteiger partial charge in [-0.2, -0.15) is 0 Å². The van der Waals surface area contributed by atoms with Crippen molar-refractivity contribution in [2.45, 2.75) is 26.7 Å². The summed E-state index contributed by atoms with van der Waals surface area (Å²) >= 11 is 6.47. The molecule has 0 amide bonds. The smallest absolute Gasteiger partial charge is 0.144 e. The number of nitrogens with zero attached hydrogens (tertiary/aromatic N) is 1. The van der Waals surface area contributed by atoms with Crippen LogP contribution in [-0.2, 0) is 0 Å². The van der Waals surface area contributed by atoms with Crippen LogP contribution in [0.25, 0.3) is 0 Å². The predicted molar refractivity (Wildman–Crippen MR) is 68.9 cm³/mol. The number of ether oxygens (including phenoxy) is 1. The van der Waals surface area contributed by atoms with E-state index in [1.807, 2.05) is 6.07 Å². The van der Waals surface area contributed by atoms with Crippen molar-refractivity contribution in [1.29, 1.82) is 0 Å². The van der Waals surface area contributed by atoms with E-state index < -0.39 is 0 Å². The maximum absolute atomic E-state index is 6.47. The molecule has 0 unspecified atom stereocenters. The number of rotatable bonds is 2. The molecule has 2 rings (SSSR count). The van der Waals surface area contributed by atoms with Gasteiger partial charge in [-0.05, 0) is 24.5 Å². The molecule has 0 N–H and O–H groups in total. The van der Waals surface area contributed by atoms with Crippen LogP contribution in [0.2, 0.25) is 5.02 Å². The van der Waals surface area contributed by atoms with Crippen molar-refractivity contribution < 1.29 is 4.74 Å². The zero-order chi connectivity index (χ0) is 11.7. The summed E-state index contributed by atoms with van der Waals surface area (Å²) in [4.78, 5) is 2.28. The molecule has 1 aliphatic heterocycles. The van der Waals surface area contributed by atoms with E-state index in [-0.39, 0.29) is 0 Å². The summed E-state index contributed by atoms with van der Waals surface area (Å²) in [5.74, 6) is 1.36. The van der Waals surface area contributed by atoms with E-state index in [9.17, 15) is 0 Å². The Morgan fingerprint density at radius 3 is 2.81 bits per heavy atom. The van der Waals surface area contributed by atoms with Gasteiger partial charge in [0.05, 0.1) is 17.3 Å². The molecule has 0 aromatic heterocycles. The lowest BCUT2D eigenvalue weighted by Crippen LogP contribution is -2.32. The summed E-state index contributed by atoms with van der Waals surface area (Å²) in [5, 5.41) is 0.856. The van der Waals surface area contributed by atoms with Crippen LogP contribution in [0.15, 0.2) is 12.1 Å². The maximum atomic E-state index is 6.47. The molecule has 0 saturated carbocycles. The Hall–Kier alpha value is -0.890. The summed E-state index contributed by atoms with van der Waals surface area (Å²) in [5.41, 5.74) is 2.27. The van der Waals surface area contributed by atoms with E-state index in [4.69, 9.17) is 16.3 Å². The molecule has 1 heterocycles. The molecule has 0 saturated heterocycles. The molecule has 0 radical (unpaired) electrons. The molecule has 1 aliphatic rings. The molecule has 0 bridgehead atoms. The lowest BCUT2D eigenvalue weighted by atomic mass is 10.0. The van der Waals surface area contributed by atoms with Gasteiger partial charge in [0.2, 0.25) is 0 Å². The maximum Gasteiger partial charge on any atom is 0.144 e. The number of halogens is 1. The quantitative estimate of drug-likeness (QED) is 0.781. The zero-order valence-corrected chi connectivity index (χ0v) is 10.8. The van der Waals surface area contributed by atoms with Crippen molar-refractivity contribution >= 4 is 17.3 Å². The van der Waals surface area contributed by atoms with Crippen molar-refractivity contribution in [2.24, 2.45) is 0 Å². The second-order valence-electron chi connectivity index (χ2n) is 4.40. The van der Waals surface area contributed by atoms with E-state index >= 15 is 0 Å². The number of hydrogen-bond donors (Lipinski definition) is 0. The Kier molecular flexibility index (Phi) is 3.29. The first-order chi connectivity index (χ1) is 7.65. The molecule has 1 aromatic carbocycles. The molecule has 88 valence electrons. The molecular weight excluding hydrogens is 222 g/mol. The summed E-state index contributed by atoms with van der Waals surface area (Å²) in [6.07, 6.45) is 0.